The zero-order chi connectivity index (χ0) is 11.1. The zero-order valence-corrected chi connectivity index (χ0v) is 10.2. The standard InChI is InChI=1S/C12H9ClN2S/c1-7-2-3-11(16-7)10-6-8-9(13)4-5-14-12(8)15-10/h2-6H,1H3,(H,14,15). The Morgan fingerprint density at radius 3 is 2.88 bits per heavy atom. The van der Waals surface area contributed by atoms with E-state index in [4.69, 9.17) is 11.6 Å². The number of thiophene rings is 1. The average Bonchev–Trinajstić information content (AvgIpc) is 2.84. The van der Waals surface area contributed by atoms with E-state index in [0.717, 1.165) is 21.7 Å². The third-order valence-electron chi connectivity index (χ3n) is 2.48. The molecule has 0 aromatic carbocycles. The Labute approximate surface area is 102 Å². The van der Waals surface area contributed by atoms with Crippen molar-refractivity contribution < 1.29 is 0 Å². The van der Waals surface area contributed by atoms with Gasteiger partial charge in [0, 0.05) is 16.5 Å². The van der Waals surface area contributed by atoms with Gasteiger partial charge in [-0.05, 0) is 31.2 Å². The molecule has 0 spiro atoms. The number of rotatable bonds is 1. The van der Waals surface area contributed by atoms with E-state index < -0.39 is 0 Å². The second kappa shape index (κ2) is 3.61. The zero-order valence-electron chi connectivity index (χ0n) is 8.62. The van der Waals surface area contributed by atoms with E-state index in [0.29, 0.717) is 0 Å². The topological polar surface area (TPSA) is 28.7 Å². The van der Waals surface area contributed by atoms with E-state index in [1.165, 1.54) is 9.75 Å². The number of aromatic amines is 1. The molecule has 3 heterocycles. The Hall–Kier alpha value is -1.32. The minimum atomic E-state index is 0.737. The van der Waals surface area contributed by atoms with Crippen LogP contribution < -0.4 is 0 Å². The average molecular weight is 249 g/mol. The number of fused-ring (bicyclic) bond motifs is 1. The monoisotopic (exact) mass is 248 g/mol. The molecule has 0 aliphatic heterocycles. The summed E-state index contributed by atoms with van der Waals surface area (Å²) in [5.41, 5.74) is 1.92. The maximum absolute atomic E-state index is 6.11. The van der Waals surface area contributed by atoms with Crippen molar-refractivity contribution in [2.75, 3.05) is 0 Å². The Morgan fingerprint density at radius 2 is 2.19 bits per heavy atom. The summed E-state index contributed by atoms with van der Waals surface area (Å²) in [4.78, 5) is 10.1. The molecule has 3 aromatic heterocycles. The molecule has 2 nitrogen and oxygen atoms in total. The van der Waals surface area contributed by atoms with Gasteiger partial charge in [-0.25, -0.2) is 4.98 Å². The van der Waals surface area contributed by atoms with Gasteiger partial charge in [-0.1, -0.05) is 11.6 Å². The normalized spacial score (nSPS) is 11.1. The van der Waals surface area contributed by atoms with Crippen molar-refractivity contribution in [1.82, 2.24) is 9.97 Å². The molecule has 0 unspecified atom stereocenters. The van der Waals surface area contributed by atoms with Crippen molar-refractivity contribution in [3.05, 3.63) is 40.4 Å². The summed E-state index contributed by atoms with van der Waals surface area (Å²) in [5.74, 6) is 0. The van der Waals surface area contributed by atoms with Gasteiger partial charge in [0.2, 0.25) is 0 Å². The number of hydrogen-bond donors (Lipinski definition) is 1. The highest BCUT2D eigenvalue weighted by molar-refractivity contribution is 7.15. The minimum absolute atomic E-state index is 0.737. The van der Waals surface area contributed by atoms with Crippen molar-refractivity contribution in [3.63, 3.8) is 0 Å². The lowest BCUT2D eigenvalue weighted by Gasteiger charge is -1.89. The molecule has 0 saturated carbocycles. The lowest BCUT2D eigenvalue weighted by atomic mass is 10.3. The fourth-order valence-electron chi connectivity index (χ4n) is 1.71. The number of aryl methyl sites for hydroxylation is 1. The van der Waals surface area contributed by atoms with Crippen molar-refractivity contribution in [2.24, 2.45) is 0 Å². The lowest BCUT2D eigenvalue weighted by Crippen LogP contribution is -1.74. The van der Waals surface area contributed by atoms with E-state index >= 15 is 0 Å². The van der Waals surface area contributed by atoms with Gasteiger partial charge < -0.3 is 4.98 Å². The summed E-state index contributed by atoms with van der Waals surface area (Å²) in [6.07, 6.45) is 1.71. The molecule has 16 heavy (non-hydrogen) atoms. The first-order valence-electron chi connectivity index (χ1n) is 4.94. The Morgan fingerprint density at radius 1 is 1.31 bits per heavy atom. The molecule has 3 aromatic rings. The predicted molar refractivity (Wildman–Crippen MR) is 69.2 cm³/mol. The van der Waals surface area contributed by atoms with E-state index in [1.807, 2.05) is 0 Å². The van der Waals surface area contributed by atoms with Gasteiger partial charge in [-0.2, -0.15) is 0 Å². The second-order valence-electron chi connectivity index (χ2n) is 3.65. The number of nitrogens with one attached hydrogen (secondary N) is 1. The van der Waals surface area contributed by atoms with Crippen LogP contribution in [0.1, 0.15) is 4.88 Å². The molecule has 0 atom stereocenters. The number of H-pyrrole nitrogens is 1. The van der Waals surface area contributed by atoms with E-state index in [1.54, 1.807) is 23.6 Å². The molecule has 0 radical (unpaired) electrons. The first-order valence-corrected chi connectivity index (χ1v) is 6.13. The maximum atomic E-state index is 6.11. The fraction of sp³-hybridized carbons (Fsp3) is 0.0833. The lowest BCUT2D eigenvalue weighted by molar-refractivity contribution is 1.33. The number of halogens is 1. The van der Waals surface area contributed by atoms with Crippen molar-refractivity contribution in [1.29, 1.82) is 0 Å². The van der Waals surface area contributed by atoms with Crippen LogP contribution in [0.25, 0.3) is 21.6 Å². The van der Waals surface area contributed by atoms with Crippen LogP contribution in [0, 0.1) is 6.92 Å². The van der Waals surface area contributed by atoms with Gasteiger partial charge in [0.05, 0.1) is 15.6 Å². The molecule has 4 heteroatoms. The molecule has 80 valence electrons. The Bertz CT molecular complexity index is 654. The molecule has 0 saturated heterocycles. The predicted octanol–water partition coefficient (Wildman–Crippen LogP) is 4.25. The second-order valence-corrected chi connectivity index (χ2v) is 5.34. The summed E-state index contributed by atoms with van der Waals surface area (Å²) in [6, 6.07) is 8.08. The first kappa shape index (κ1) is 9.87. The van der Waals surface area contributed by atoms with Gasteiger partial charge in [-0.3, -0.25) is 0 Å². The molecular formula is C12H9ClN2S. The van der Waals surface area contributed by atoms with Crippen LogP contribution in [0.15, 0.2) is 30.5 Å². The molecule has 0 aliphatic rings. The third-order valence-corrected chi connectivity index (χ3v) is 3.85. The van der Waals surface area contributed by atoms with Crippen LogP contribution in [0.3, 0.4) is 0 Å². The molecule has 1 N–H and O–H groups in total. The highest BCUT2D eigenvalue weighted by Gasteiger charge is 2.07. The highest BCUT2D eigenvalue weighted by Crippen LogP contribution is 2.31. The van der Waals surface area contributed by atoms with Crippen molar-refractivity contribution in [2.45, 2.75) is 6.92 Å². The molecule has 0 bridgehead atoms. The van der Waals surface area contributed by atoms with Crippen LogP contribution >= 0.6 is 22.9 Å². The number of nitrogens with zero attached hydrogens (tertiary/aromatic N) is 1. The van der Waals surface area contributed by atoms with Gasteiger partial charge in [0.25, 0.3) is 0 Å². The first-order chi connectivity index (χ1) is 7.74. The van der Waals surface area contributed by atoms with Crippen LogP contribution in [0.4, 0.5) is 0 Å². The van der Waals surface area contributed by atoms with Crippen LogP contribution in [0.5, 0.6) is 0 Å². The summed E-state index contributed by atoms with van der Waals surface area (Å²) < 4.78 is 0. The van der Waals surface area contributed by atoms with Gasteiger partial charge in [0.1, 0.15) is 5.65 Å². The third kappa shape index (κ3) is 1.52. The van der Waals surface area contributed by atoms with Crippen LogP contribution in [-0.4, -0.2) is 9.97 Å². The molecule has 0 aliphatic carbocycles. The van der Waals surface area contributed by atoms with Crippen molar-refractivity contribution in [3.8, 4) is 10.6 Å². The summed E-state index contributed by atoms with van der Waals surface area (Å²) >= 11 is 7.87. The highest BCUT2D eigenvalue weighted by atomic mass is 35.5. The van der Waals surface area contributed by atoms with E-state index in [-0.39, 0.29) is 0 Å². The molecular weight excluding hydrogens is 240 g/mol. The van der Waals surface area contributed by atoms with Gasteiger partial charge in [-0.15, -0.1) is 11.3 Å². The smallest absolute Gasteiger partial charge is 0.139 e. The van der Waals surface area contributed by atoms with E-state index in [9.17, 15) is 0 Å². The largest absolute Gasteiger partial charge is 0.339 e. The Balaban J connectivity index is 2.22. The van der Waals surface area contributed by atoms with Crippen molar-refractivity contribution >= 4 is 34.0 Å². The SMILES string of the molecule is Cc1ccc(-c2cc3c(Cl)ccnc3[nH]2)s1. The summed E-state index contributed by atoms with van der Waals surface area (Å²) in [5, 5.41) is 1.71. The van der Waals surface area contributed by atoms with E-state index in [2.05, 4.69) is 35.1 Å². The summed E-state index contributed by atoms with van der Waals surface area (Å²) in [6.45, 7) is 2.10. The summed E-state index contributed by atoms with van der Waals surface area (Å²) in [7, 11) is 0. The minimum Gasteiger partial charge on any atom is -0.339 e. The molecule has 0 amide bonds. The molecule has 3 rings (SSSR count). The fourth-order valence-corrected chi connectivity index (χ4v) is 2.75. The van der Waals surface area contributed by atoms with Gasteiger partial charge >= 0.3 is 0 Å². The quantitative estimate of drug-likeness (QED) is 0.685. The number of hydrogen-bond acceptors (Lipinski definition) is 2. The van der Waals surface area contributed by atoms with Gasteiger partial charge in [0.15, 0.2) is 0 Å². The van der Waals surface area contributed by atoms with Crippen LogP contribution in [-0.2, 0) is 0 Å². The number of aromatic nitrogens is 2. The number of pyridine rings is 1. The Kier molecular flexibility index (Phi) is 2.23. The molecule has 0 fully saturated rings. The van der Waals surface area contributed by atoms with Crippen LogP contribution in [0.2, 0.25) is 5.02 Å². The maximum Gasteiger partial charge on any atom is 0.139 e.